The van der Waals surface area contributed by atoms with Crippen molar-refractivity contribution in [1.29, 1.82) is 0 Å². The summed E-state index contributed by atoms with van der Waals surface area (Å²) in [6.45, 7) is 4.02. The Labute approximate surface area is 343 Å². The molecule has 4 bridgehead atoms. The highest BCUT2D eigenvalue weighted by Gasteiger charge is 2.36. The van der Waals surface area contributed by atoms with Crippen LogP contribution < -0.4 is 27.0 Å². The Bertz CT molecular complexity index is 1660. The van der Waals surface area contributed by atoms with E-state index in [0.717, 1.165) is 19.3 Å². The Morgan fingerprint density at radius 2 is 1.45 bits per heavy atom. The number of amides is 5. The lowest BCUT2D eigenvalue weighted by Crippen LogP contribution is -2.56. The van der Waals surface area contributed by atoms with Gasteiger partial charge in [0.15, 0.2) is 0 Å². The molecule has 1 aliphatic heterocycles. The number of carbonyl (C=O) groups is 5. The third-order valence-corrected chi connectivity index (χ3v) is 10.5. The lowest BCUT2D eigenvalue weighted by Gasteiger charge is -2.32. The molecule has 58 heavy (non-hydrogen) atoms. The van der Waals surface area contributed by atoms with Crippen LogP contribution in [0.1, 0.15) is 127 Å². The molecule has 0 aliphatic carbocycles. The Hall–Kier alpha value is -4.67. The van der Waals surface area contributed by atoms with Crippen LogP contribution in [0.5, 0.6) is 11.5 Å². The highest BCUT2D eigenvalue weighted by Crippen LogP contribution is 2.39. The minimum absolute atomic E-state index is 0.0934. The van der Waals surface area contributed by atoms with Crippen molar-refractivity contribution in [1.82, 2.24) is 26.2 Å². The number of rotatable bonds is 22. The van der Waals surface area contributed by atoms with Crippen molar-refractivity contribution in [2.75, 3.05) is 20.0 Å². The minimum atomic E-state index is -1.84. The predicted octanol–water partition coefficient (Wildman–Crippen LogP) is 3.25. The molecule has 4 unspecified atom stereocenters. The molecule has 0 spiro atoms. The number of nitrogens with zero attached hydrogens (tertiary/aromatic N) is 1. The number of phenolic OH excluding ortho intramolecular Hbond substituents is 2. The number of benzene rings is 2. The molecule has 0 radical (unpaired) electrons. The number of unbranched alkanes of at least 4 members (excludes halogenated alkanes) is 11. The highest BCUT2D eigenvalue weighted by molar-refractivity contribution is 6.41. The Morgan fingerprint density at radius 3 is 2.07 bits per heavy atom. The summed E-state index contributed by atoms with van der Waals surface area (Å²) in [6.07, 6.45) is 13.6. The summed E-state index contributed by atoms with van der Waals surface area (Å²) < 4.78 is 0. The molecule has 0 saturated carbocycles. The highest BCUT2D eigenvalue weighted by atomic mass is 16.4. The molecule has 0 fully saturated rings. The SMILES string of the molecule is CCCCCCCCCCCCCC(=O)NC(CCCCN)C(=O)N(C)C1C(=O)NC(C)C(=O)NC(C(=O)NCB(O)O)Cc2ccc(O)c(c2)-c2cc1ccc2O. The van der Waals surface area contributed by atoms with E-state index in [2.05, 4.69) is 28.2 Å². The van der Waals surface area contributed by atoms with E-state index in [1.54, 1.807) is 0 Å². The van der Waals surface area contributed by atoms with Crippen LogP contribution in [0.15, 0.2) is 36.4 Å². The zero-order valence-electron chi connectivity index (χ0n) is 34.4. The molecule has 10 N–H and O–H groups in total. The van der Waals surface area contributed by atoms with Gasteiger partial charge in [-0.3, -0.25) is 24.0 Å². The van der Waals surface area contributed by atoms with E-state index in [1.807, 2.05) is 0 Å². The fourth-order valence-electron chi connectivity index (χ4n) is 7.17. The summed E-state index contributed by atoms with van der Waals surface area (Å²) in [5.74, 6) is -3.52. The quantitative estimate of drug-likeness (QED) is 0.0621. The van der Waals surface area contributed by atoms with Crippen molar-refractivity contribution in [3.05, 3.63) is 47.5 Å². The van der Waals surface area contributed by atoms with Gasteiger partial charge in [0.2, 0.25) is 29.5 Å². The average molecular weight is 809 g/mol. The Morgan fingerprint density at radius 1 is 0.845 bits per heavy atom. The monoisotopic (exact) mass is 808 g/mol. The van der Waals surface area contributed by atoms with E-state index < -0.39 is 61.4 Å². The van der Waals surface area contributed by atoms with Crippen LogP contribution >= 0.6 is 0 Å². The number of fused-ring (bicyclic) bond motifs is 5. The van der Waals surface area contributed by atoms with Gasteiger partial charge in [-0.05, 0) is 74.5 Å². The third-order valence-electron chi connectivity index (χ3n) is 10.5. The smallest absolute Gasteiger partial charge is 0.472 e. The van der Waals surface area contributed by atoms with Gasteiger partial charge in [0.1, 0.15) is 35.7 Å². The van der Waals surface area contributed by atoms with Gasteiger partial charge in [-0.25, -0.2) is 0 Å². The van der Waals surface area contributed by atoms with E-state index in [-0.39, 0.29) is 53.4 Å². The van der Waals surface area contributed by atoms with Crippen LogP contribution in [-0.4, -0.2) is 100.0 Å². The van der Waals surface area contributed by atoms with Crippen LogP contribution in [0.3, 0.4) is 0 Å². The maximum absolute atomic E-state index is 14.3. The fourth-order valence-corrected chi connectivity index (χ4v) is 7.17. The van der Waals surface area contributed by atoms with Crippen molar-refractivity contribution < 1.29 is 44.2 Å². The van der Waals surface area contributed by atoms with Gasteiger partial charge in [-0.2, -0.15) is 0 Å². The van der Waals surface area contributed by atoms with Crippen molar-refractivity contribution in [2.45, 2.75) is 141 Å². The molecular weight excluding hydrogens is 743 g/mol. The summed E-state index contributed by atoms with van der Waals surface area (Å²) in [5, 5.41) is 51.1. The average Bonchev–Trinajstić information content (AvgIpc) is 3.19. The lowest BCUT2D eigenvalue weighted by atomic mass is 9.91. The van der Waals surface area contributed by atoms with Crippen molar-refractivity contribution in [2.24, 2.45) is 5.73 Å². The second-order valence-corrected chi connectivity index (χ2v) is 15.4. The maximum atomic E-state index is 14.3. The first-order valence-corrected chi connectivity index (χ1v) is 20.9. The van der Waals surface area contributed by atoms with Gasteiger partial charge in [-0.1, -0.05) is 83.3 Å². The lowest BCUT2D eigenvalue weighted by molar-refractivity contribution is -0.143. The van der Waals surface area contributed by atoms with E-state index in [9.17, 15) is 44.2 Å². The van der Waals surface area contributed by atoms with Crippen molar-refractivity contribution in [3.63, 3.8) is 0 Å². The normalized spacial score (nSPS) is 17.3. The molecule has 5 amide bonds. The third kappa shape index (κ3) is 15.3. The maximum Gasteiger partial charge on any atom is 0.472 e. The Kier molecular flexibility index (Phi) is 20.5. The van der Waals surface area contributed by atoms with Crippen molar-refractivity contribution >= 4 is 36.7 Å². The number of phenols is 2. The van der Waals surface area contributed by atoms with Gasteiger partial charge >= 0.3 is 7.12 Å². The number of hydrogen-bond donors (Lipinski definition) is 9. The van der Waals surface area contributed by atoms with E-state index >= 15 is 0 Å². The van der Waals surface area contributed by atoms with Gasteiger partial charge in [0, 0.05) is 31.0 Å². The first-order chi connectivity index (χ1) is 27.8. The number of hydrogen-bond acceptors (Lipinski definition) is 10. The molecule has 16 heteroatoms. The van der Waals surface area contributed by atoms with Gasteiger partial charge in [0.25, 0.3) is 0 Å². The van der Waals surface area contributed by atoms with Gasteiger partial charge < -0.3 is 52.2 Å². The number of carbonyl (C=O) groups excluding carboxylic acids is 5. The molecular formula is C42H65BN6O9. The zero-order chi connectivity index (χ0) is 42.6. The predicted molar refractivity (Wildman–Crippen MR) is 223 cm³/mol. The first kappa shape index (κ1) is 47.7. The topological polar surface area (TPSA) is 244 Å². The van der Waals surface area contributed by atoms with E-state index in [1.165, 1.54) is 100 Å². The van der Waals surface area contributed by atoms with Crippen LogP contribution in [0.25, 0.3) is 11.1 Å². The summed E-state index contributed by atoms with van der Waals surface area (Å²) >= 11 is 0. The van der Waals surface area contributed by atoms with Crippen LogP contribution in [-0.2, 0) is 30.4 Å². The van der Waals surface area contributed by atoms with Gasteiger partial charge in [0.05, 0.1) is 6.44 Å². The molecule has 4 atom stereocenters. The van der Waals surface area contributed by atoms with E-state index in [4.69, 9.17) is 5.73 Å². The Balaban J connectivity index is 1.87. The fraction of sp³-hybridized carbons (Fsp3) is 0.595. The molecule has 1 heterocycles. The molecule has 0 saturated heterocycles. The summed E-state index contributed by atoms with van der Waals surface area (Å²) in [7, 11) is -0.418. The molecule has 2 aromatic carbocycles. The summed E-state index contributed by atoms with van der Waals surface area (Å²) in [4.78, 5) is 69.6. The van der Waals surface area contributed by atoms with Crippen LogP contribution in [0.4, 0.5) is 0 Å². The van der Waals surface area contributed by atoms with Crippen LogP contribution in [0.2, 0.25) is 0 Å². The molecule has 0 aromatic heterocycles. The summed E-state index contributed by atoms with van der Waals surface area (Å²) in [6, 6.07) is 3.90. The second-order valence-electron chi connectivity index (χ2n) is 15.4. The molecule has 1 aliphatic rings. The second kappa shape index (κ2) is 25.0. The van der Waals surface area contributed by atoms with Crippen LogP contribution in [0, 0.1) is 0 Å². The zero-order valence-corrected chi connectivity index (χ0v) is 34.4. The molecule has 320 valence electrons. The van der Waals surface area contributed by atoms with Crippen molar-refractivity contribution in [3.8, 4) is 22.6 Å². The number of nitrogens with one attached hydrogen (secondary N) is 4. The minimum Gasteiger partial charge on any atom is -0.507 e. The molecule has 15 nitrogen and oxygen atoms in total. The molecule has 2 aromatic rings. The molecule has 3 rings (SSSR count). The van der Waals surface area contributed by atoms with Gasteiger partial charge in [-0.15, -0.1) is 0 Å². The largest absolute Gasteiger partial charge is 0.507 e. The first-order valence-electron chi connectivity index (χ1n) is 20.9. The number of nitrogens with two attached hydrogens (primary N) is 1. The number of likely N-dealkylation sites (N-methyl/N-ethyl adjacent to an activating group) is 1. The number of aromatic hydroxyl groups is 2. The summed E-state index contributed by atoms with van der Waals surface area (Å²) in [5.41, 5.74) is 6.77. The van der Waals surface area contributed by atoms with E-state index in [0.29, 0.717) is 31.4 Å². The standard InChI is InChI=1S/C42H65BN6O9/c1-4-5-6-7-8-9-10-11-12-13-14-18-37(52)47-33(17-15-16-23-44)42(56)49(3)38-30-20-22-36(51)32(26-30)31-24-29(19-21-35(31)50)25-34(40(54)45-27-43(57)58)48-39(53)28(2)46-41(38)55/h19-22,24,26,28,33-34,38,50-51,57-58H,4-18,23,25,27,44H2,1-3H3,(H,45,54)(H,46,55)(H,47,52)(H,48,53).